The summed E-state index contributed by atoms with van der Waals surface area (Å²) in [6.07, 6.45) is 0. The molecule has 1 aromatic rings. The molecule has 0 aromatic heterocycles. The first-order valence-corrected chi connectivity index (χ1v) is 6.14. The van der Waals surface area contributed by atoms with Gasteiger partial charge >= 0.3 is 9.15 Å². The quantitative estimate of drug-likeness (QED) is 0.612. The van der Waals surface area contributed by atoms with Crippen LogP contribution in [0.2, 0.25) is 0 Å². The molecular formula is C7H9NO3S2. The van der Waals surface area contributed by atoms with Gasteiger partial charge in [-0.3, -0.25) is 4.18 Å². The summed E-state index contributed by atoms with van der Waals surface area (Å²) < 4.78 is 26.3. The zero-order valence-corrected chi connectivity index (χ0v) is 8.56. The molecule has 0 amide bonds. The Morgan fingerprint density at radius 3 is 2.54 bits per heavy atom. The lowest BCUT2D eigenvalue weighted by Crippen LogP contribution is -1.97. The van der Waals surface area contributed by atoms with Gasteiger partial charge in [-0.05, 0) is 12.1 Å². The molecule has 0 heterocycles. The Balaban J connectivity index is 2.93. The normalized spacial score (nSPS) is 11.5. The Labute approximate surface area is 80.6 Å². The van der Waals surface area contributed by atoms with Gasteiger partial charge in [0, 0.05) is 21.4 Å². The van der Waals surface area contributed by atoms with Gasteiger partial charge in [-0.2, -0.15) is 8.42 Å². The SMILES string of the molecule is COS(=O)(=O)Sc1ccccc1N. The molecule has 1 rings (SSSR count). The molecule has 0 aliphatic carbocycles. The highest BCUT2D eigenvalue weighted by atomic mass is 33.1. The number of benzene rings is 1. The number of hydrogen-bond donors (Lipinski definition) is 1. The molecule has 0 fully saturated rings. The summed E-state index contributed by atoms with van der Waals surface area (Å²) in [7, 11) is -1.85. The van der Waals surface area contributed by atoms with E-state index >= 15 is 0 Å². The van der Waals surface area contributed by atoms with Gasteiger partial charge in [-0.25, -0.2) is 0 Å². The molecule has 0 unspecified atom stereocenters. The monoisotopic (exact) mass is 219 g/mol. The summed E-state index contributed by atoms with van der Waals surface area (Å²) in [6.45, 7) is 0. The van der Waals surface area contributed by atoms with Crippen LogP contribution in [0.3, 0.4) is 0 Å². The fourth-order valence-electron chi connectivity index (χ4n) is 0.700. The fraction of sp³-hybridized carbons (Fsp3) is 0.143. The van der Waals surface area contributed by atoms with Crippen molar-refractivity contribution in [2.24, 2.45) is 0 Å². The second-order valence-corrected chi connectivity index (χ2v) is 5.68. The van der Waals surface area contributed by atoms with Crippen LogP contribution in [0.4, 0.5) is 5.69 Å². The summed E-state index contributed by atoms with van der Waals surface area (Å²) in [5, 5.41) is 0. The standard InChI is InChI=1S/C7H9NO3S2/c1-11-13(9,10)12-7-5-3-2-4-6(7)8/h2-5H,8H2,1H3. The fourth-order valence-corrected chi connectivity index (χ4v) is 2.61. The average Bonchev–Trinajstić information content (AvgIpc) is 2.09. The molecule has 0 spiro atoms. The van der Waals surface area contributed by atoms with Crippen LogP contribution in [0, 0.1) is 0 Å². The topological polar surface area (TPSA) is 69.4 Å². The van der Waals surface area contributed by atoms with Gasteiger partial charge in [0.1, 0.15) is 0 Å². The summed E-state index contributed by atoms with van der Waals surface area (Å²) in [6, 6.07) is 6.70. The van der Waals surface area contributed by atoms with E-state index in [1.165, 1.54) is 0 Å². The van der Waals surface area contributed by atoms with E-state index in [1.54, 1.807) is 24.3 Å². The van der Waals surface area contributed by atoms with Gasteiger partial charge in [0.2, 0.25) is 0 Å². The zero-order valence-electron chi connectivity index (χ0n) is 6.93. The van der Waals surface area contributed by atoms with Gasteiger partial charge in [0.25, 0.3) is 0 Å². The van der Waals surface area contributed by atoms with Crippen molar-refractivity contribution < 1.29 is 12.6 Å². The maximum absolute atomic E-state index is 11.0. The van der Waals surface area contributed by atoms with Gasteiger partial charge in [-0.1, -0.05) is 12.1 Å². The van der Waals surface area contributed by atoms with Crippen molar-refractivity contribution in [3.05, 3.63) is 24.3 Å². The summed E-state index contributed by atoms with van der Waals surface area (Å²) in [5.74, 6) is 0. The number of nitrogens with two attached hydrogens (primary N) is 1. The third kappa shape index (κ3) is 2.91. The van der Waals surface area contributed by atoms with E-state index in [-0.39, 0.29) is 0 Å². The predicted molar refractivity (Wildman–Crippen MR) is 52.6 cm³/mol. The maximum atomic E-state index is 11.0. The lowest BCUT2D eigenvalue weighted by atomic mass is 10.3. The average molecular weight is 219 g/mol. The van der Waals surface area contributed by atoms with Crippen LogP contribution in [-0.2, 0) is 13.3 Å². The second kappa shape index (κ2) is 3.99. The molecule has 0 radical (unpaired) electrons. The first-order valence-electron chi connectivity index (χ1n) is 3.40. The summed E-state index contributed by atoms with van der Waals surface area (Å²) in [4.78, 5) is 0.476. The van der Waals surface area contributed by atoms with Crippen molar-refractivity contribution in [1.29, 1.82) is 0 Å². The number of rotatable bonds is 3. The lowest BCUT2D eigenvalue weighted by Gasteiger charge is -2.02. The van der Waals surface area contributed by atoms with Crippen molar-refractivity contribution in [3.8, 4) is 0 Å². The van der Waals surface area contributed by atoms with Crippen molar-refractivity contribution >= 4 is 25.6 Å². The van der Waals surface area contributed by atoms with Gasteiger partial charge in [0.15, 0.2) is 0 Å². The first-order chi connectivity index (χ1) is 6.05. The second-order valence-electron chi connectivity index (χ2n) is 2.20. The molecule has 2 N–H and O–H groups in total. The molecule has 0 saturated heterocycles. The predicted octanol–water partition coefficient (Wildman–Crippen LogP) is 1.25. The molecule has 13 heavy (non-hydrogen) atoms. The zero-order chi connectivity index (χ0) is 9.90. The molecule has 0 saturated carbocycles. The van der Waals surface area contributed by atoms with Crippen molar-refractivity contribution in [2.45, 2.75) is 4.90 Å². The van der Waals surface area contributed by atoms with E-state index in [0.29, 0.717) is 21.4 Å². The number of nitrogen functional groups attached to an aromatic ring is 1. The Morgan fingerprint density at radius 1 is 1.38 bits per heavy atom. The summed E-state index contributed by atoms with van der Waals surface area (Å²) >= 11 is 0. The Kier molecular flexibility index (Phi) is 3.18. The van der Waals surface area contributed by atoms with Crippen molar-refractivity contribution in [3.63, 3.8) is 0 Å². The molecular weight excluding hydrogens is 210 g/mol. The highest BCUT2D eigenvalue weighted by molar-refractivity contribution is 8.70. The van der Waals surface area contributed by atoms with Crippen LogP contribution in [-0.4, -0.2) is 15.5 Å². The molecule has 0 aliphatic rings. The van der Waals surface area contributed by atoms with E-state index < -0.39 is 9.15 Å². The van der Waals surface area contributed by atoms with Crippen molar-refractivity contribution in [2.75, 3.05) is 12.8 Å². The molecule has 6 heteroatoms. The third-order valence-electron chi connectivity index (χ3n) is 1.31. The van der Waals surface area contributed by atoms with E-state index in [9.17, 15) is 8.42 Å². The third-order valence-corrected chi connectivity index (χ3v) is 4.04. The van der Waals surface area contributed by atoms with Gasteiger partial charge in [-0.15, -0.1) is 0 Å². The van der Waals surface area contributed by atoms with E-state index in [0.717, 1.165) is 7.11 Å². The Morgan fingerprint density at radius 2 is 2.00 bits per heavy atom. The Bertz CT molecular complexity index is 388. The van der Waals surface area contributed by atoms with Crippen LogP contribution < -0.4 is 5.73 Å². The van der Waals surface area contributed by atoms with Crippen LogP contribution >= 0.6 is 10.8 Å². The molecule has 0 bridgehead atoms. The molecule has 0 atom stereocenters. The van der Waals surface area contributed by atoms with Crippen LogP contribution in [0.15, 0.2) is 29.2 Å². The van der Waals surface area contributed by atoms with Crippen molar-refractivity contribution in [1.82, 2.24) is 0 Å². The van der Waals surface area contributed by atoms with Gasteiger partial charge in [0.05, 0.1) is 7.11 Å². The minimum Gasteiger partial charge on any atom is -0.398 e. The number of para-hydroxylation sites is 1. The largest absolute Gasteiger partial charge is 0.398 e. The highest BCUT2D eigenvalue weighted by Gasteiger charge is 2.12. The lowest BCUT2D eigenvalue weighted by molar-refractivity contribution is 0.413. The molecule has 4 nitrogen and oxygen atoms in total. The van der Waals surface area contributed by atoms with E-state index in [1.807, 2.05) is 0 Å². The Hall–Kier alpha value is -0.720. The first kappa shape index (κ1) is 10.4. The maximum Gasteiger partial charge on any atom is 0.326 e. The highest BCUT2D eigenvalue weighted by Crippen LogP contribution is 2.29. The van der Waals surface area contributed by atoms with E-state index in [2.05, 4.69) is 4.18 Å². The van der Waals surface area contributed by atoms with Crippen LogP contribution in [0.25, 0.3) is 0 Å². The van der Waals surface area contributed by atoms with Crippen LogP contribution in [0.5, 0.6) is 0 Å². The van der Waals surface area contributed by atoms with Crippen LogP contribution in [0.1, 0.15) is 0 Å². The molecule has 0 aliphatic heterocycles. The summed E-state index contributed by atoms with van der Waals surface area (Å²) in [5.41, 5.74) is 5.97. The smallest absolute Gasteiger partial charge is 0.326 e. The van der Waals surface area contributed by atoms with Gasteiger partial charge < -0.3 is 5.73 Å². The molecule has 1 aromatic carbocycles. The minimum atomic E-state index is -3.56. The minimum absolute atomic E-state index is 0.424. The number of hydrogen-bond acceptors (Lipinski definition) is 5. The molecule has 72 valence electrons. The van der Waals surface area contributed by atoms with E-state index in [4.69, 9.17) is 5.73 Å². The number of anilines is 1.